The Balaban J connectivity index is 1.33. The first-order valence-electron chi connectivity index (χ1n) is 9.51. The molecule has 4 atom stereocenters. The number of nitrogens with one attached hydrogen (secondary N) is 1. The molecule has 1 aromatic heterocycles. The smallest absolute Gasteiger partial charge is 0.225 e. The van der Waals surface area contributed by atoms with Crippen LogP contribution in [0.25, 0.3) is 11.0 Å². The molecule has 3 fully saturated rings. The van der Waals surface area contributed by atoms with Crippen molar-refractivity contribution in [1.29, 1.82) is 0 Å². The van der Waals surface area contributed by atoms with E-state index in [9.17, 15) is 4.79 Å². The second kappa shape index (κ2) is 5.61. The summed E-state index contributed by atoms with van der Waals surface area (Å²) in [7, 11) is 0. The number of rotatable bonds is 2. The maximum atomic E-state index is 13.0. The lowest BCUT2D eigenvalue weighted by molar-refractivity contribution is -0.138. The van der Waals surface area contributed by atoms with E-state index in [1.807, 2.05) is 12.1 Å². The topological polar surface area (TPSA) is 49.0 Å². The lowest BCUT2D eigenvalue weighted by atomic mass is 9.86. The summed E-state index contributed by atoms with van der Waals surface area (Å²) in [5.74, 6) is 3.67. The fourth-order valence-corrected chi connectivity index (χ4v) is 5.35. The maximum Gasteiger partial charge on any atom is 0.225 e. The summed E-state index contributed by atoms with van der Waals surface area (Å²) < 4.78 is 0. The molecule has 2 saturated carbocycles. The zero-order valence-corrected chi connectivity index (χ0v) is 14.1. The minimum absolute atomic E-state index is 0.318. The highest BCUT2D eigenvalue weighted by molar-refractivity contribution is 5.80. The summed E-state index contributed by atoms with van der Waals surface area (Å²) in [6.45, 7) is 1.77. The molecule has 4 heteroatoms. The van der Waals surface area contributed by atoms with Gasteiger partial charge in [0.05, 0.1) is 11.0 Å². The molecular formula is C20H25N3O. The third-order valence-corrected chi connectivity index (χ3v) is 6.58. The van der Waals surface area contributed by atoms with Crippen molar-refractivity contribution < 1.29 is 4.79 Å². The number of hydrogen-bond donors (Lipinski definition) is 1. The molecule has 0 unspecified atom stereocenters. The Morgan fingerprint density at radius 2 is 2.08 bits per heavy atom. The van der Waals surface area contributed by atoms with Gasteiger partial charge in [-0.1, -0.05) is 18.6 Å². The van der Waals surface area contributed by atoms with Crippen LogP contribution in [0.15, 0.2) is 24.3 Å². The van der Waals surface area contributed by atoms with E-state index >= 15 is 0 Å². The van der Waals surface area contributed by atoms with Gasteiger partial charge in [0.1, 0.15) is 5.82 Å². The van der Waals surface area contributed by atoms with Crippen molar-refractivity contribution in [3.8, 4) is 0 Å². The number of nitrogens with zero attached hydrogens (tertiary/aromatic N) is 2. The van der Waals surface area contributed by atoms with Gasteiger partial charge in [-0.2, -0.15) is 0 Å². The van der Waals surface area contributed by atoms with E-state index in [4.69, 9.17) is 4.98 Å². The van der Waals surface area contributed by atoms with Gasteiger partial charge in [-0.05, 0) is 56.1 Å². The van der Waals surface area contributed by atoms with Gasteiger partial charge in [-0.15, -0.1) is 0 Å². The van der Waals surface area contributed by atoms with E-state index in [-0.39, 0.29) is 0 Å². The van der Waals surface area contributed by atoms with Crippen molar-refractivity contribution in [2.24, 2.45) is 17.8 Å². The van der Waals surface area contributed by atoms with Gasteiger partial charge < -0.3 is 9.88 Å². The van der Waals surface area contributed by atoms with Crippen LogP contribution in [0.2, 0.25) is 0 Å². The normalized spacial score (nSPS) is 32.6. The lowest BCUT2D eigenvalue weighted by Crippen LogP contribution is -2.43. The molecule has 1 saturated heterocycles. The second-order valence-corrected chi connectivity index (χ2v) is 8.04. The average molecular weight is 323 g/mol. The third-order valence-electron chi connectivity index (χ3n) is 6.58. The summed E-state index contributed by atoms with van der Waals surface area (Å²) in [6.07, 6.45) is 7.30. The summed E-state index contributed by atoms with van der Waals surface area (Å²) >= 11 is 0. The Bertz CT molecular complexity index is 734. The molecular weight excluding hydrogens is 298 g/mol. The van der Waals surface area contributed by atoms with Gasteiger partial charge in [-0.25, -0.2) is 4.98 Å². The van der Waals surface area contributed by atoms with Crippen LogP contribution >= 0.6 is 0 Å². The maximum absolute atomic E-state index is 13.0. The molecule has 1 amide bonds. The van der Waals surface area contributed by atoms with E-state index in [1.165, 1.54) is 19.3 Å². The number of piperidine rings is 1. The molecule has 2 bridgehead atoms. The second-order valence-electron chi connectivity index (χ2n) is 8.04. The number of carbonyl (C=O) groups is 1. The van der Waals surface area contributed by atoms with Gasteiger partial charge in [0, 0.05) is 24.9 Å². The van der Waals surface area contributed by atoms with E-state index in [0.717, 1.165) is 55.1 Å². The first-order chi connectivity index (χ1) is 11.8. The molecule has 2 aliphatic carbocycles. The summed E-state index contributed by atoms with van der Waals surface area (Å²) in [5.41, 5.74) is 2.13. The highest BCUT2D eigenvalue weighted by Gasteiger charge is 2.45. The van der Waals surface area contributed by atoms with Crippen LogP contribution in [-0.2, 0) is 4.79 Å². The van der Waals surface area contributed by atoms with E-state index in [0.29, 0.717) is 23.7 Å². The summed E-state index contributed by atoms with van der Waals surface area (Å²) in [5, 5.41) is 0. The molecule has 126 valence electrons. The zero-order chi connectivity index (χ0) is 16.1. The monoisotopic (exact) mass is 323 g/mol. The van der Waals surface area contributed by atoms with Gasteiger partial charge >= 0.3 is 0 Å². The Morgan fingerprint density at radius 1 is 1.17 bits per heavy atom. The number of likely N-dealkylation sites (tertiary alicyclic amines) is 1. The predicted molar refractivity (Wildman–Crippen MR) is 93.6 cm³/mol. The minimum atomic E-state index is 0.318. The van der Waals surface area contributed by atoms with Gasteiger partial charge in [-0.3, -0.25) is 4.79 Å². The number of para-hydroxylation sites is 2. The van der Waals surface area contributed by atoms with E-state index in [1.54, 1.807) is 0 Å². The molecule has 4 nitrogen and oxygen atoms in total. The number of benzene rings is 1. The number of aromatic amines is 1. The molecule has 0 spiro atoms. The predicted octanol–water partition coefficient (Wildman–Crippen LogP) is 3.71. The minimum Gasteiger partial charge on any atom is -0.342 e. The lowest BCUT2D eigenvalue weighted by Gasteiger charge is -2.35. The number of aromatic nitrogens is 2. The molecule has 2 heterocycles. The number of imidazole rings is 1. The van der Waals surface area contributed by atoms with Crippen molar-refractivity contribution in [2.45, 2.75) is 44.4 Å². The molecule has 3 aliphatic rings. The molecule has 1 aromatic carbocycles. The number of amides is 1. The first-order valence-corrected chi connectivity index (χ1v) is 9.51. The van der Waals surface area contributed by atoms with Crippen LogP contribution in [0.5, 0.6) is 0 Å². The standard InChI is InChI=1S/C20H25N3O/c24-20(16-11-13-7-8-14(16)10-13)23-9-3-4-15(12-23)19-21-17-5-1-2-6-18(17)22-19/h1-2,5-6,13-16H,3-4,7-12H2,(H,21,22)/t13-,14-,15+,16-/m0/s1. The van der Waals surface area contributed by atoms with E-state index < -0.39 is 0 Å². The largest absolute Gasteiger partial charge is 0.342 e. The quantitative estimate of drug-likeness (QED) is 0.916. The summed E-state index contributed by atoms with van der Waals surface area (Å²) in [4.78, 5) is 23.4. The van der Waals surface area contributed by atoms with Crippen LogP contribution in [0.3, 0.4) is 0 Å². The van der Waals surface area contributed by atoms with Crippen molar-refractivity contribution in [1.82, 2.24) is 14.9 Å². The van der Waals surface area contributed by atoms with Crippen LogP contribution in [0.1, 0.15) is 50.3 Å². The molecule has 5 rings (SSSR count). The summed E-state index contributed by atoms with van der Waals surface area (Å²) in [6, 6.07) is 8.19. The van der Waals surface area contributed by atoms with Crippen LogP contribution < -0.4 is 0 Å². The fraction of sp³-hybridized carbons (Fsp3) is 0.600. The van der Waals surface area contributed by atoms with Crippen LogP contribution in [0.4, 0.5) is 0 Å². The van der Waals surface area contributed by atoms with Crippen LogP contribution in [-0.4, -0.2) is 33.9 Å². The Labute approximate surface area is 142 Å². The van der Waals surface area contributed by atoms with Crippen molar-refractivity contribution in [3.05, 3.63) is 30.1 Å². The first kappa shape index (κ1) is 14.5. The Kier molecular flexibility index (Phi) is 3.39. The molecule has 1 N–H and O–H groups in total. The van der Waals surface area contributed by atoms with Gasteiger partial charge in [0.25, 0.3) is 0 Å². The number of H-pyrrole nitrogens is 1. The SMILES string of the molecule is O=C([C@H]1C[C@H]2CC[C@H]1C2)N1CCC[C@@H](c2nc3ccccc3[nH]2)C1. The van der Waals surface area contributed by atoms with Crippen LogP contribution in [0, 0.1) is 17.8 Å². The highest BCUT2D eigenvalue weighted by Crippen LogP contribution is 2.49. The van der Waals surface area contributed by atoms with Gasteiger partial charge in [0.2, 0.25) is 5.91 Å². The third kappa shape index (κ3) is 2.35. The zero-order valence-electron chi connectivity index (χ0n) is 14.1. The van der Waals surface area contributed by atoms with Gasteiger partial charge in [0.15, 0.2) is 0 Å². The number of hydrogen-bond acceptors (Lipinski definition) is 2. The fourth-order valence-electron chi connectivity index (χ4n) is 5.35. The van der Waals surface area contributed by atoms with Crippen molar-refractivity contribution >= 4 is 16.9 Å². The molecule has 24 heavy (non-hydrogen) atoms. The molecule has 0 radical (unpaired) electrons. The Morgan fingerprint density at radius 3 is 2.88 bits per heavy atom. The number of fused-ring (bicyclic) bond motifs is 3. The molecule has 1 aliphatic heterocycles. The highest BCUT2D eigenvalue weighted by atomic mass is 16.2. The Hall–Kier alpha value is -1.84. The number of carbonyl (C=O) groups excluding carboxylic acids is 1. The molecule has 2 aromatic rings. The average Bonchev–Trinajstić information content (AvgIpc) is 3.35. The van der Waals surface area contributed by atoms with E-state index in [2.05, 4.69) is 22.0 Å². The van der Waals surface area contributed by atoms with Crippen molar-refractivity contribution in [2.75, 3.05) is 13.1 Å². The van der Waals surface area contributed by atoms with Crippen molar-refractivity contribution in [3.63, 3.8) is 0 Å².